The number of carbonyl (C=O) groups excluding carboxylic acids is 5. The third-order valence-electron chi connectivity index (χ3n) is 11.4. The maximum Gasteiger partial charge on any atom is 0.270 e. The first-order valence-electron chi connectivity index (χ1n) is 19.3. The van der Waals surface area contributed by atoms with Gasteiger partial charge in [0.1, 0.15) is 17.6 Å². The Morgan fingerprint density at radius 3 is 2.50 bits per heavy atom. The second-order valence-electron chi connectivity index (χ2n) is 14.9. The second-order valence-corrected chi connectivity index (χ2v) is 14.9. The predicted molar refractivity (Wildman–Crippen MR) is 213 cm³/mol. The molecule has 292 valence electrons. The smallest absolute Gasteiger partial charge is 0.270 e. The highest BCUT2D eigenvalue weighted by atomic mass is 16.2. The molecule has 1 atom stereocenters. The summed E-state index contributed by atoms with van der Waals surface area (Å²) in [5.41, 5.74) is 8.00. The largest absolute Gasteiger partial charge is 0.345 e. The number of amides is 5. The minimum absolute atomic E-state index is 0.0515. The number of aromatic nitrogens is 6. The number of benzene rings is 2. The SMILES string of the molecule is CCc1nc(-c2cccc3cc(-c4ccc(C(=O)NCc5cc(-c6cccc7c6CN(C6CCC(=O)NC6=O)C7=O)nn5C)nc4)ncc23)c2n1CCN(C(C)=O)C2. The average molecular weight is 777 g/mol. The Morgan fingerprint density at radius 1 is 0.914 bits per heavy atom. The van der Waals surface area contributed by atoms with E-state index in [4.69, 9.17) is 9.97 Å². The summed E-state index contributed by atoms with van der Waals surface area (Å²) >= 11 is 0. The number of pyridine rings is 2. The Kier molecular flexibility index (Phi) is 9.14. The number of imidazole rings is 1. The molecular formula is C43H40N10O5. The van der Waals surface area contributed by atoms with Crippen molar-refractivity contribution in [3.63, 3.8) is 0 Å². The molecule has 0 radical (unpaired) electrons. The van der Waals surface area contributed by atoms with Crippen LogP contribution in [0.3, 0.4) is 0 Å². The number of imide groups is 1. The molecule has 58 heavy (non-hydrogen) atoms. The van der Waals surface area contributed by atoms with Gasteiger partial charge in [0.15, 0.2) is 0 Å². The van der Waals surface area contributed by atoms with Gasteiger partial charge in [-0.25, -0.2) is 4.98 Å². The summed E-state index contributed by atoms with van der Waals surface area (Å²) < 4.78 is 3.93. The third-order valence-corrected chi connectivity index (χ3v) is 11.4. The van der Waals surface area contributed by atoms with E-state index in [1.54, 1.807) is 43.0 Å². The summed E-state index contributed by atoms with van der Waals surface area (Å²) in [4.78, 5) is 80.8. The molecule has 15 heteroatoms. The molecule has 2 N–H and O–H groups in total. The van der Waals surface area contributed by atoms with E-state index in [0.717, 1.165) is 68.9 Å². The standard InChI is InChI=1S/C43H40N10O5/c1-4-38-47-40(37-23-51(24(2)54)15-16-52(37)38)29-9-5-7-25-17-34(45-21-31(25)29)26-11-12-33(44-19-26)41(56)46-20-27-18-35(49-50(27)3)28-8-6-10-30-32(28)22-53(43(30)58)36-13-14-39(55)48-42(36)57/h5-12,17-19,21,36H,4,13-16,20,22-23H2,1-3H3,(H,46,56)(H,48,55,57). The van der Waals surface area contributed by atoms with Gasteiger partial charge in [-0.05, 0) is 47.7 Å². The van der Waals surface area contributed by atoms with Crippen molar-refractivity contribution < 1.29 is 24.0 Å². The highest BCUT2D eigenvalue weighted by Crippen LogP contribution is 2.36. The van der Waals surface area contributed by atoms with Crippen molar-refractivity contribution in [3.8, 4) is 33.8 Å². The van der Waals surface area contributed by atoms with E-state index in [9.17, 15) is 24.0 Å². The zero-order valence-electron chi connectivity index (χ0n) is 32.3. The summed E-state index contributed by atoms with van der Waals surface area (Å²) in [6.45, 7) is 6.02. The molecule has 0 bridgehead atoms. The number of piperidine rings is 1. The summed E-state index contributed by atoms with van der Waals surface area (Å²) in [5, 5.41) is 11.9. The maximum absolute atomic E-state index is 13.3. The van der Waals surface area contributed by atoms with Crippen LogP contribution >= 0.6 is 0 Å². The Labute approximate surface area is 333 Å². The molecule has 0 spiro atoms. The molecule has 1 fully saturated rings. The van der Waals surface area contributed by atoms with Crippen LogP contribution < -0.4 is 10.6 Å². The topological polar surface area (TPSA) is 177 Å². The van der Waals surface area contributed by atoms with Crippen LogP contribution in [0.4, 0.5) is 0 Å². The summed E-state index contributed by atoms with van der Waals surface area (Å²) in [6, 6.07) is 18.2. The Bertz CT molecular complexity index is 2700. The lowest BCUT2D eigenvalue weighted by Gasteiger charge is -2.29. The maximum atomic E-state index is 13.3. The molecule has 2 aromatic carbocycles. The van der Waals surface area contributed by atoms with Crippen LogP contribution in [0.2, 0.25) is 0 Å². The average Bonchev–Trinajstić information content (AvgIpc) is 3.91. The molecule has 0 aliphatic carbocycles. The van der Waals surface area contributed by atoms with E-state index in [-0.39, 0.29) is 55.3 Å². The van der Waals surface area contributed by atoms with Gasteiger partial charge >= 0.3 is 0 Å². The Morgan fingerprint density at radius 2 is 1.72 bits per heavy atom. The normalized spacial score (nSPS) is 16.4. The summed E-state index contributed by atoms with van der Waals surface area (Å²) in [6.07, 6.45) is 4.75. The van der Waals surface area contributed by atoms with Gasteiger partial charge in [-0.3, -0.25) is 43.9 Å². The summed E-state index contributed by atoms with van der Waals surface area (Å²) in [5.74, 6) is -0.341. The van der Waals surface area contributed by atoms with Gasteiger partial charge in [-0.15, -0.1) is 0 Å². The quantitative estimate of drug-likeness (QED) is 0.215. The lowest BCUT2D eigenvalue weighted by atomic mass is 10.0. The first kappa shape index (κ1) is 36.6. The van der Waals surface area contributed by atoms with Crippen molar-refractivity contribution in [2.45, 2.75) is 65.3 Å². The van der Waals surface area contributed by atoms with Crippen LogP contribution in [0.5, 0.6) is 0 Å². The zero-order chi connectivity index (χ0) is 40.2. The van der Waals surface area contributed by atoms with Crippen molar-refractivity contribution in [2.24, 2.45) is 7.05 Å². The third kappa shape index (κ3) is 6.37. The van der Waals surface area contributed by atoms with Crippen LogP contribution in [-0.2, 0) is 54.0 Å². The van der Waals surface area contributed by atoms with Gasteiger partial charge < -0.3 is 19.7 Å². The number of aryl methyl sites for hydroxylation is 2. The second kappa shape index (κ2) is 14.5. The van der Waals surface area contributed by atoms with Gasteiger partial charge in [0, 0.05) is 86.5 Å². The van der Waals surface area contributed by atoms with Crippen LogP contribution in [-0.4, -0.2) is 81.2 Å². The fourth-order valence-corrected chi connectivity index (χ4v) is 8.30. The van der Waals surface area contributed by atoms with Crippen LogP contribution in [0.25, 0.3) is 44.5 Å². The molecular weight excluding hydrogens is 737 g/mol. The molecule has 0 saturated carbocycles. The predicted octanol–water partition coefficient (Wildman–Crippen LogP) is 4.18. The van der Waals surface area contributed by atoms with Crippen molar-refractivity contribution in [1.29, 1.82) is 0 Å². The number of carbonyl (C=O) groups is 5. The van der Waals surface area contributed by atoms with E-state index in [2.05, 4.69) is 38.3 Å². The fraction of sp³-hybridized carbons (Fsp3) is 0.279. The van der Waals surface area contributed by atoms with Crippen molar-refractivity contribution in [2.75, 3.05) is 6.54 Å². The zero-order valence-corrected chi connectivity index (χ0v) is 32.3. The molecule has 3 aliphatic heterocycles. The Balaban J connectivity index is 0.890. The number of rotatable bonds is 8. The van der Waals surface area contributed by atoms with Crippen LogP contribution in [0.1, 0.15) is 70.3 Å². The first-order chi connectivity index (χ1) is 28.1. The lowest BCUT2D eigenvalue weighted by molar-refractivity contribution is -0.137. The lowest BCUT2D eigenvalue weighted by Crippen LogP contribution is -2.52. The molecule has 6 aromatic rings. The minimum Gasteiger partial charge on any atom is -0.345 e. The molecule has 15 nitrogen and oxygen atoms in total. The van der Waals surface area contributed by atoms with E-state index in [0.29, 0.717) is 30.0 Å². The van der Waals surface area contributed by atoms with E-state index >= 15 is 0 Å². The van der Waals surface area contributed by atoms with E-state index in [1.807, 2.05) is 47.5 Å². The molecule has 9 rings (SSSR count). The van der Waals surface area contributed by atoms with Gasteiger partial charge in [-0.1, -0.05) is 37.3 Å². The fourth-order valence-electron chi connectivity index (χ4n) is 8.30. The van der Waals surface area contributed by atoms with Gasteiger partial charge in [0.05, 0.1) is 41.6 Å². The van der Waals surface area contributed by atoms with Crippen molar-refractivity contribution >= 4 is 40.3 Å². The molecule has 4 aromatic heterocycles. The van der Waals surface area contributed by atoms with Crippen LogP contribution in [0.15, 0.2) is 73.1 Å². The first-order valence-corrected chi connectivity index (χ1v) is 19.3. The molecule has 5 amide bonds. The highest BCUT2D eigenvalue weighted by Gasteiger charge is 2.40. The van der Waals surface area contributed by atoms with Gasteiger partial charge in [0.25, 0.3) is 11.8 Å². The summed E-state index contributed by atoms with van der Waals surface area (Å²) in [7, 11) is 1.79. The minimum atomic E-state index is -0.712. The number of nitrogens with one attached hydrogen (secondary N) is 2. The van der Waals surface area contributed by atoms with Gasteiger partial charge in [0.2, 0.25) is 17.7 Å². The van der Waals surface area contributed by atoms with Crippen molar-refractivity contribution in [3.05, 3.63) is 107 Å². The molecule has 7 heterocycles. The number of hydrogen-bond donors (Lipinski definition) is 2. The highest BCUT2D eigenvalue weighted by molar-refractivity contribution is 6.06. The van der Waals surface area contributed by atoms with Crippen LogP contribution in [0, 0.1) is 0 Å². The molecule has 1 saturated heterocycles. The number of fused-ring (bicyclic) bond motifs is 3. The van der Waals surface area contributed by atoms with Crippen molar-refractivity contribution in [1.82, 2.24) is 49.7 Å². The Hall–Kier alpha value is -7.03. The van der Waals surface area contributed by atoms with E-state index < -0.39 is 11.9 Å². The number of nitrogens with zero attached hydrogens (tertiary/aromatic N) is 8. The van der Waals surface area contributed by atoms with E-state index in [1.165, 1.54) is 4.90 Å². The molecule has 3 aliphatic rings. The van der Waals surface area contributed by atoms with Gasteiger partial charge in [-0.2, -0.15) is 5.10 Å². The molecule has 1 unspecified atom stereocenters. The monoisotopic (exact) mass is 776 g/mol. The number of hydrogen-bond acceptors (Lipinski definition) is 9.